The third kappa shape index (κ3) is 1.15. The van der Waals surface area contributed by atoms with Gasteiger partial charge in [0.1, 0.15) is 5.58 Å². The molecule has 1 aliphatic rings. The Morgan fingerprint density at radius 3 is 3.07 bits per heavy atom. The first-order chi connectivity index (χ1) is 7.25. The maximum atomic E-state index is 11.6. The van der Waals surface area contributed by atoms with E-state index < -0.39 is 0 Å². The molecule has 0 aliphatic carbocycles. The highest BCUT2D eigenvalue weighted by Gasteiger charge is 2.26. The van der Waals surface area contributed by atoms with Crippen molar-refractivity contribution in [3.63, 3.8) is 0 Å². The van der Waals surface area contributed by atoms with Gasteiger partial charge in [-0.2, -0.15) is 0 Å². The maximum Gasteiger partial charge on any atom is 0.301 e. The molecular formula is C11H10N2O2. The molecule has 76 valence electrons. The molecule has 15 heavy (non-hydrogen) atoms. The quantitative estimate of drug-likeness (QED) is 0.704. The maximum absolute atomic E-state index is 11.6. The summed E-state index contributed by atoms with van der Waals surface area (Å²) in [7, 11) is 1.84. The van der Waals surface area contributed by atoms with Crippen molar-refractivity contribution in [1.29, 1.82) is 0 Å². The number of amides is 1. The van der Waals surface area contributed by atoms with E-state index in [1.54, 1.807) is 5.01 Å². The zero-order chi connectivity index (χ0) is 10.4. The fourth-order valence-electron chi connectivity index (χ4n) is 1.94. The number of carbonyl (C=O) groups is 1. The monoisotopic (exact) mass is 202 g/mol. The number of nitrogens with one attached hydrogen (secondary N) is 1. The minimum absolute atomic E-state index is 0.171. The van der Waals surface area contributed by atoms with Crippen molar-refractivity contribution in [3.05, 3.63) is 35.6 Å². The molecule has 0 saturated carbocycles. The molecule has 1 amide bonds. The first-order valence-electron chi connectivity index (χ1n) is 4.78. The third-order valence-electron chi connectivity index (χ3n) is 2.59. The molecule has 4 nitrogen and oxygen atoms in total. The normalized spacial score (nSPS) is 16.5. The Balaban J connectivity index is 2.32. The first kappa shape index (κ1) is 8.49. The number of benzene rings is 1. The smallest absolute Gasteiger partial charge is 0.301 e. The summed E-state index contributed by atoms with van der Waals surface area (Å²) < 4.78 is 5.51. The van der Waals surface area contributed by atoms with Crippen molar-refractivity contribution in [2.24, 2.45) is 0 Å². The topological polar surface area (TPSA) is 45.5 Å². The van der Waals surface area contributed by atoms with Crippen LogP contribution in [0.25, 0.3) is 11.0 Å². The largest absolute Gasteiger partial charge is 0.451 e. The molecule has 0 radical (unpaired) electrons. The van der Waals surface area contributed by atoms with E-state index in [2.05, 4.69) is 5.43 Å². The summed E-state index contributed by atoms with van der Waals surface area (Å²) in [5, 5.41) is 2.78. The van der Waals surface area contributed by atoms with Crippen LogP contribution in [0.15, 0.2) is 28.7 Å². The Morgan fingerprint density at radius 2 is 2.20 bits per heavy atom. The lowest BCUT2D eigenvalue weighted by atomic mass is 10.1. The molecule has 3 rings (SSSR count). The van der Waals surface area contributed by atoms with Gasteiger partial charge in [-0.05, 0) is 6.07 Å². The lowest BCUT2D eigenvalue weighted by molar-refractivity contribution is 0.0753. The number of carbonyl (C=O) groups excluding carboxylic acids is 1. The Hall–Kier alpha value is -1.81. The number of hydrogen-bond donors (Lipinski definition) is 1. The number of fused-ring (bicyclic) bond motifs is 3. The van der Waals surface area contributed by atoms with Crippen LogP contribution < -0.4 is 5.43 Å². The Kier molecular flexibility index (Phi) is 1.61. The second kappa shape index (κ2) is 2.84. The molecule has 0 atom stereocenters. The highest BCUT2D eigenvalue weighted by Crippen LogP contribution is 2.28. The number of furan rings is 1. The molecule has 4 heteroatoms. The van der Waals surface area contributed by atoms with E-state index in [9.17, 15) is 4.79 Å². The van der Waals surface area contributed by atoms with Crippen molar-refractivity contribution in [2.45, 2.75) is 6.54 Å². The van der Waals surface area contributed by atoms with Crippen molar-refractivity contribution in [1.82, 2.24) is 10.4 Å². The molecule has 1 aliphatic heterocycles. The summed E-state index contributed by atoms with van der Waals surface area (Å²) in [5.74, 6) is 0.268. The molecule has 0 saturated heterocycles. The van der Waals surface area contributed by atoms with E-state index in [0.717, 1.165) is 16.5 Å². The van der Waals surface area contributed by atoms with E-state index in [4.69, 9.17) is 4.42 Å². The fraction of sp³-hybridized carbons (Fsp3) is 0.182. The molecule has 1 N–H and O–H groups in total. The van der Waals surface area contributed by atoms with Crippen LogP contribution in [0.3, 0.4) is 0 Å². The van der Waals surface area contributed by atoms with E-state index in [1.165, 1.54) is 0 Å². The summed E-state index contributed by atoms with van der Waals surface area (Å²) >= 11 is 0. The minimum atomic E-state index is -0.171. The molecule has 2 aromatic rings. The van der Waals surface area contributed by atoms with Gasteiger partial charge in [0.25, 0.3) is 0 Å². The Labute approximate surface area is 86.4 Å². The van der Waals surface area contributed by atoms with Crippen LogP contribution in [0, 0.1) is 0 Å². The highest BCUT2D eigenvalue weighted by atomic mass is 16.3. The lowest BCUT2D eigenvalue weighted by Gasteiger charge is -2.21. The number of hydrogen-bond acceptors (Lipinski definition) is 3. The van der Waals surface area contributed by atoms with Gasteiger partial charge in [-0.3, -0.25) is 10.2 Å². The van der Waals surface area contributed by atoms with Crippen LogP contribution in [0.2, 0.25) is 0 Å². The summed E-state index contributed by atoms with van der Waals surface area (Å²) in [6.45, 7) is 0.679. The van der Waals surface area contributed by atoms with Gasteiger partial charge >= 0.3 is 5.91 Å². The first-order valence-corrected chi connectivity index (χ1v) is 4.78. The third-order valence-corrected chi connectivity index (χ3v) is 2.59. The molecule has 1 aromatic carbocycles. The Morgan fingerprint density at radius 1 is 1.40 bits per heavy atom. The van der Waals surface area contributed by atoms with Gasteiger partial charge in [-0.1, -0.05) is 18.2 Å². The van der Waals surface area contributed by atoms with Crippen LogP contribution >= 0.6 is 0 Å². The van der Waals surface area contributed by atoms with Crippen LogP contribution in [-0.4, -0.2) is 18.0 Å². The second-order valence-corrected chi connectivity index (χ2v) is 3.70. The predicted molar refractivity (Wildman–Crippen MR) is 55.1 cm³/mol. The number of hydrazine groups is 1. The average molecular weight is 202 g/mol. The van der Waals surface area contributed by atoms with Gasteiger partial charge in [0.15, 0.2) is 5.76 Å². The highest BCUT2D eigenvalue weighted by molar-refractivity contribution is 5.99. The number of rotatable bonds is 0. The van der Waals surface area contributed by atoms with E-state index in [-0.39, 0.29) is 5.91 Å². The van der Waals surface area contributed by atoms with Crippen molar-refractivity contribution < 1.29 is 9.21 Å². The Bertz CT molecular complexity index is 545. The van der Waals surface area contributed by atoms with Crippen LogP contribution in [0.5, 0.6) is 0 Å². The minimum Gasteiger partial charge on any atom is -0.451 e. The summed E-state index contributed by atoms with van der Waals surface area (Å²) in [5.41, 5.74) is 4.44. The van der Waals surface area contributed by atoms with E-state index in [1.807, 2.05) is 31.3 Å². The summed E-state index contributed by atoms with van der Waals surface area (Å²) in [4.78, 5) is 11.6. The zero-order valence-corrected chi connectivity index (χ0v) is 8.28. The van der Waals surface area contributed by atoms with Gasteiger partial charge in [-0.15, -0.1) is 0 Å². The van der Waals surface area contributed by atoms with E-state index >= 15 is 0 Å². The van der Waals surface area contributed by atoms with Crippen LogP contribution in [-0.2, 0) is 6.54 Å². The van der Waals surface area contributed by atoms with Gasteiger partial charge in [0.2, 0.25) is 0 Å². The SMILES string of the molecule is CN1Cc2c(oc3ccccc23)C(=O)N1. The molecule has 0 unspecified atom stereocenters. The molecule has 0 bridgehead atoms. The molecule has 1 aromatic heterocycles. The van der Waals surface area contributed by atoms with Gasteiger partial charge in [0.05, 0.1) is 0 Å². The van der Waals surface area contributed by atoms with E-state index in [0.29, 0.717) is 12.3 Å². The second-order valence-electron chi connectivity index (χ2n) is 3.70. The summed E-state index contributed by atoms with van der Waals surface area (Å²) in [6, 6.07) is 7.70. The van der Waals surface area contributed by atoms with Crippen molar-refractivity contribution >= 4 is 16.9 Å². The average Bonchev–Trinajstić information content (AvgIpc) is 2.57. The predicted octanol–water partition coefficient (Wildman–Crippen LogP) is 1.52. The number of para-hydroxylation sites is 1. The van der Waals surface area contributed by atoms with Crippen LogP contribution in [0.4, 0.5) is 0 Å². The van der Waals surface area contributed by atoms with Gasteiger partial charge in [0, 0.05) is 24.5 Å². The molecule has 0 spiro atoms. The zero-order valence-electron chi connectivity index (χ0n) is 8.28. The fourth-order valence-corrected chi connectivity index (χ4v) is 1.94. The van der Waals surface area contributed by atoms with Gasteiger partial charge in [-0.25, -0.2) is 5.01 Å². The lowest BCUT2D eigenvalue weighted by Crippen LogP contribution is -2.42. The van der Waals surface area contributed by atoms with Gasteiger partial charge < -0.3 is 4.42 Å². The summed E-state index contributed by atoms with van der Waals surface area (Å²) in [6.07, 6.45) is 0. The van der Waals surface area contributed by atoms with Crippen LogP contribution in [0.1, 0.15) is 16.1 Å². The standard InChI is InChI=1S/C11H10N2O2/c1-13-6-8-7-4-2-3-5-9(7)15-10(8)11(14)12-13/h2-5H,6H2,1H3,(H,12,14). The van der Waals surface area contributed by atoms with Crippen molar-refractivity contribution in [3.8, 4) is 0 Å². The van der Waals surface area contributed by atoms with Crippen molar-refractivity contribution in [2.75, 3.05) is 7.05 Å². The molecule has 0 fully saturated rings. The molecular weight excluding hydrogens is 192 g/mol. The number of nitrogens with zero attached hydrogens (tertiary/aromatic N) is 1. The molecule has 2 heterocycles.